The zero-order valence-corrected chi connectivity index (χ0v) is 9.92. The highest BCUT2D eigenvalue weighted by Crippen LogP contribution is 2.02. The number of hydrogen-bond donors (Lipinski definition) is 3. The average Bonchev–Trinajstić information content (AvgIpc) is 2.34. The number of carboxylic acid groups (broad SMARTS) is 1. The van der Waals surface area contributed by atoms with Gasteiger partial charge in [0.2, 0.25) is 5.91 Å². The van der Waals surface area contributed by atoms with Crippen molar-refractivity contribution in [2.45, 2.75) is 18.9 Å². The molecule has 0 radical (unpaired) electrons. The molecule has 0 aromatic carbocycles. The van der Waals surface area contributed by atoms with Crippen LogP contribution in [0.15, 0.2) is 0 Å². The van der Waals surface area contributed by atoms with E-state index in [0.717, 1.165) is 0 Å². The van der Waals surface area contributed by atoms with Crippen molar-refractivity contribution >= 4 is 17.9 Å². The zero-order chi connectivity index (χ0) is 13.5. The van der Waals surface area contributed by atoms with E-state index in [0.29, 0.717) is 26.3 Å². The lowest BCUT2D eigenvalue weighted by atomic mass is 10.1. The van der Waals surface area contributed by atoms with Crippen molar-refractivity contribution in [3.8, 4) is 0 Å². The largest absolute Gasteiger partial charge is 0.480 e. The number of amides is 3. The normalized spacial score (nSPS) is 17.0. The first-order valence-electron chi connectivity index (χ1n) is 5.65. The summed E-state index contributed by atoms with van der Waals surface area (Å²) in [5.41, 5.74) is 4.94. The summed E-state index contributed by atoms with van der Waals surface area (Å²) in [6.45, 7) is 1.72. The second kappa shape index (κ2) is 6.80. The fraction of sp³-hybridized carbons (Fsp3) is 0.700. The van der Waals surface area contributed by atoms with Crippen LogP contribution in [-0.2, 0) is 14.3 Å². The molecule has 1 rings (SSSR count). The zero-order valence-electron chi connectivity index (χ0n) is 9.92. The van der Waals surface area contributed by atoms with Gasteiger partial charge in [0.25, 0.3) is 0 Å². The summed E-state index contributed by atoms with van der Waals surface area (Å²) in [7, 11) is 0. The topological polar surface area (TPSA) is 122 Å². The number of carbonyl (C=O) groups is 3. The maximum absolute atomic E-state index is 11.7. The second-order valence-electron chi connectivity index (χ2n) is 3.94. The average molecular weight is 259 g/mol. The van der Waals surface area contributed by atoms with Gasteiger partial charge in [-0.05, 0) is 6.42 Å². The van der Waals surface area contributed by atoms with Gasteiger partial charge in [0.05, 0.1) is 13.2 Å². The highest BCUT2D eigenvalue weighted by Gasteiger charge is 2.24. The Morgan fingerprint density at radius 3 is 2.44 bits per heavy atom. The van der Waals surface area contributed by atoms with Crippen molar-refractivity contribution in [1.29, 1.82) is 0 Å². The molecule has 1 aliphatic rings. The summed E-state index contributed by atoms with van der Waals surface area (Å²) in [4.78, 5) is 34.7. The van der Waals surface area contributed by atoms with Crippen LogP contribution in [0, 0.1) is 0 Å². The van der Waals surface area contributed by atoms with Crippen LogP contribution < -0.4 is 11.1 Å². The van der Waals surface area contributed by atoms with E-state index in [9.17, 15) is 14.4 Å². The summed E-state index contributed by atoms with van der Waals surface area (Å²) in [5.74, 6) is -1.78. The molecule has 1 aliphatic heterocycles. The number of carbonyl (C=O) groups excluding carboxylic acids is 2. The Morgan fingerprint density at radius 1 is 1.33 bits per heavy atom. The van der Waals surface area contributed by atoms with Crippen LogP contribution in [0.2, 0.25) is 0 Å². The van der Waals surface area contributed by atoms with Crippen molar-refractivity contribution in [3.05, 3.63) is 0 Å². The van der Waals surface area contributed by atoms with E-state index >= 15 is 0 Å². The van der Waals surface area contributed by atoms with E-state index < -0.39 is 23.9 Å². The molecule has 1 fully saturated rings. The van der Waals surface area contributed by atoms with Crippen molar-refractivity contribution in [3.63, 3.8) is 0 Å². The fourth-order valence-corrected chi connectivity index (χ4v) is 1.55. The quantitative estimate of drug-likeness (QED) is 0.569. The predicted octanol–water partition coefficient (Wildman–Crippen LogP) is -1.25. The van der Waals surface area contributed by atoms with Gasteiger partial charge in [-0.15, -0.1) is 0 Å². The van der Waals surface area contributed by atoms with Crippen LogP contribution in [-0.4, -0.2) is 60.3 Å². The molecule has 1 atom stereocenters. The van der Waals surface area contributed by atoms with E-state index in [-0.39, 0.29) is 12.8 Å². The van der Waals surface area contributed by atoms with Gasteiger partial charge in [0.1, 0.15) is 6.04 Å². The standard InChI is InChI=1S/C10H17N3O5/c11-8(14)2-1-7(9(15)16)12-10(17)13-3-5-18-6-4-13/h7H,1-6H2,(H2,11,14)(H,12,17)(H,15,16)/t7-/m1/s1. The number of rotatable bonds is 5. The molecule has 0 aliphatic carbocycles. The Morgan fingerprint density at radius 2 is 1.94 bits per heavy atom. The minimum absolute atomic E-state index is 0.0131. The first kappa shape index (κ1) is 14.2. The van der Waals surface area contributed by atoms with Crippen molar-refractivity contribution in [2.75, 3.05) is 26.3 Å². The van der Waals surface area contributed by atoms with Gasteiger partial charge in [-0.3, -0.25) is 4.79 Å². The molecule has 8 heteroatoms. The minimum atomic E-state index is -1.18. The predicted molar refractivity (Wildman–Crippen MR) is 60.8 cm³/mol. The van der Waals surface area contributed by atoms with Crippen LogP contribution in [0.3, 0.4) is 0 Å². The molecule has 18 heavy (non-hydrogen) atoms. The van der Waals surface area contributed by atoms with Crippen LogP contribution in [0.25, 0.3) is 0 Å². The number of nitrogens with one attached hydrogen (secondary N) is 1. The van der Waals surface area contributed by atoms with Crippen molar-refractivity contribution in [1.82, 2.24) is 10.2 Å². The van der Waals surface area contributed by atoms with E-state index in [1.54, 1.807) is 0 Å². The van der Waals surface area contributed by atoms with E-state index in [1.807, 2.05) is 0 Å². The molecular weight excluding hydrogens is 242 g/mol. The van der Waals surface area contributed by atoms with Gasteiger partial charge in [-0.25, -0.2) is 9.59 Å². The lowest BCUT2D eigenvalue weighted by molar-refractivity contribution is -0.139. The molecule has 0 spiro atoms. The van der Waals surface area contributed by atoms with E-state index in [4.69, 9.17) is 15.6 Å². The minimum Gasteiger partial charge on any atom is -0.480 e. The molecule has 1 heterocycles. The van der Waals surface area contributed by atoms with Crippen LogP contribution in [0.4, 0.5) is 4.79 Å². The molecule has 3 amide bonds. The summed E-state index contributed by atoms with van der Waals surface area (Å²) in [6.07, 6.45) is -0.0961. The molecule has 0 saturated carbocycles. The SMILES string of the molecule is NC(=O)CC[C@@H](NC(=O)N1CCOCC1)C(=O)O. The molecule has 0 aromatic rings. The third-order valence-electron chi connectivity index (χ3n) is 2.57. The maximum atomic E-state index is 11.7. The molecular formula is C10H17N3O5. The van der Waals surface area contributed by atoms with Crippen LogP contribution in [0.5, 0.6) is 0 Å². The summed E-state index contributed by atoms with van der Waals surface area (Å²) in [5, 5.41) is 11.3. The molecule has 0 bridgehead atoms. The molecule has 8 nitrogen and oxygen atoms in total. The van der Waals surface area contributed by atoms with Gasteiger partial charge in [0, 0.05) is 19.5 Å². The Labute approximate surface area is 104 Å². The van der Waals surface area contributed by atoms with Gasteiger partial charge in [0.15, 0.2) is 0 Å². The molecule has 0 aromatic heterocycles. The number of nitrogens with zero attached hydrogens (tertiary/aromatic N) is 1. The maximum Gasteiger partial charge on any atom is 0.326 e. The number of carboxylic acids is 1. The third-order valence-corrected chi connectivity index (χ3v) is 2.57. The summed E-state index contributed by atoms with van der Waals surface area (Å²) in [6, 6.07) is -1.57. The van der Waals surface area contributed by atoms with Crippen LogP contribution >= 0.6 is 0 Å². The van der Waals surface area contributed by atoms with Gasteiger partial charge >= 0.3 is 12.0 Å². The Hall–Kier alpha value is -1.83. The number of urea groups is 1. The monoisotopic (exact) mass is 259 g/mol. The number of morpholine rings is 1. The number of aliphatic carboxylic acids is 1. The highest BCUT2D eigenvalue weighted by molar-refractivity contribution is 5.83. The second-order valence-corrected chi connectivity index (χ2v) is 3.94. The molecule has 4 N–H and O–H groups in total. The molecule has 1 saturated heterocycles. The Balaban J connectivity index is 2.46. The van der Waals surface area contributed by atoms with E-state index in [1.165, 1.54) is 4.90 Å². The van der Waals surface area contributed by atoms with E-state index in [2.05, 4.69) is 5.32 Å². The van der Waals surface area contributed by atoms with Gasteiger partial charge in [-0.2, -0.15) is 0 Å². The molecule has 0 unspecified atom stereocenters. The third kappa shape index (κ3) is 4.58. The fourth-order valence-electron chi connectivity index (χ4n) is 1.55. The number of hydrogen-bond acceptors (Lipinski definition) is 4. The smallest absolute Gasteiger partial charge is 0.326 e. The lowest BCUT2D eigenvalue weighted by Crippen LogP contribution is -2.51. The lowest BCUT2D eigenvalue weighted by Gasteiger charge is -2.28. The number of primary amides is 1. The first-order chi connectivity index (χ1) is 8.50. The number of nitrogens with two attached hydrogens (primary N) is 1. The summed E-state index contributed by atoms with van der Waals surface area (Å²) < 4.78 is 5.08. The van der Waals surface area contributed by atoms with Gasteiger partial charge < -0.3 is 25.8 Å². The molecule has 102 valence electrons. The highest BCUT2D eigenvalue weighted by atomic mass is 16.5. The Kier molecular flexibility index (Phi) is 5.37. The summed E-state index contributed by atoms with van der Waals surface area (Å²) >= 11 is 0. The number of ether oxygens (including phenoxy) is 1. The van der Waals surface area contributed by atoms with Crippen molar-refractivity contribution < 1.29 is 24.2 Å². The van der Waals surface area contributed by atoms with Gasteiger partial charge in [-0.1, -0.05) is 0 Å². The van der Waals surface area contributed by atoms with Crippen LogP contribution in [0.1, 0.15) is 12.8 Å². The van der Waals surface area contributed by atoms with Crippen molar-refractivity contribution in [2.24, 2.45) is 5.73 Å². The Bertz CT molecular complexity index is 327. The first-order valence-corrected chi connectivity index (χ1v) is 5.65.